The molecule has 0 spiro atoms. The predicted molar refractivity (Wildman–Crippen MR) is 69.3 cm³/mol. The molecule has 0 saturated carbocycles. The lowest BCUT2D eigenvalue weighted by Gasteiger charge is -2.06. The maximum absolute atomic E-state index is 11.2. The average Bonchev–Trinajstić information content (AvgIpc) is 2.86. The summed E-state index contributed by atoms with van der Waals surface area (Å²) in [7, 11) is 0. The van der Waals surface area contributed by atoms with Gasteiger partial charge in [-0.15, -0.1) is 11.3 Å². The summed E-state index contributed by atoms with van der Waals surface area (Å²) in [6, 6.07) is 7.74. The van der Waals surface area contributed by atoms with Gasteiger partial charge in [-0.2, -0.15) is 0 Å². The molecule has 0 radical (unpaired) electrons. The van der Waals surface area contributed by atoms with E-state index in [9.17, 15) is 4.79 Å². The van der Waals surface area contributed by atoms with Gasteiger partial charge < -0.3 is 4.74 Å². The van der Waals surface area contributed by atoms with E-state index in [4.69, 9.17) is 10.6 Å². The number of rotatable bonds is 4. The highest BCUT2D eigenvalue weighted by Gasteiger charge is 2.09. The van der Waals surface area contributed by atoms with Gasteiger partial charge in [0.05, 0.1) is 5.69 Å². The van der Waals surface area contributed by atoms with Crippen LogP contribution < -0.4 is 16.0 Å². The summed E-state index contributed by atoms with van der Waals surface area (Å²) < 4.78 is 5.63. The molecule has 0 bridgehead atoms. The Morgan fingerprint density at radius 3 is 3.00 bits per heavy atom. The molecule has 1 heterocycles. The number of benzene rings is 1. The number of carbonyl (C=O) groups excluding carboxylic acids is 1. The Bertz CT molecular complexity index is 554. The molecule has 0 aliphatic rings. The van der Waals surface area contributed by atoms with Crippen LogP contribution in [0, 0.1) is 6.92 Å². The highest BCUT2D eigenvalue weighted by Crippen LogP contribution is 2.18. The first-order valence-corrected chi connectivity index (χ1v) is 6.22. The third-order valence-electron chi connectivity index (χ3n) is 2.35. The second-order valence-corrected chi connectivity index (χ2v) is 4.53. The summed E-state index contributed by atoms with van der Waals surface area (Å²) in [5.74, 6) is 5.46. The summed E-state index contributed by atoms with van der Waals surface area (Å²) in [5.41, 5.74) is 3.82. The molecule has 1 amide bonds. The zero-order valence-electron chi connectivity index (χ0n) is 9.84. The molecule has 5 nitrogen and oxygen atoms in total. The maximum Gasteiger partial charge on any atom is 0.294 e. The molecule has 3 N–H and O–H groups in total. The van der Waals surface area contributed by atoms with Crippen LogP contribution in [0.4, 0.5) is 0 Å². The standard InChI is InChI=1S/C12H13N3O2S/c1-8-4-2-3-5-10(8)17-6-9-7-18-12(14-9)11(16)15-13/h2-5,7H,6,13H2,1H3,(H,15,16). The average molecular weight is 263 g/mol. The molecule has 18 heavy (non-hydrogen) atoms. The highest BCUT2D eigenvalue weighted by molar-refractivity contribution is 7.11. The van der Waals surface area contributed by atoms with Crippen LogP contribution in [0.5, 0.6) is 5.75 Å². The number of hydrogen-bond donors (Lipinski definition) is 2. The molecular weight excluding hydrogens is 250 g/mol. The fourth-order valence-corrected chi connectivity index (χ4v) is 2.11. The molecule has 0 aliphatic heterocycles. The lowest BCUT2D eigenvalue weighted by atomic mass is 10.2. The molecule has 1 aromatic carbocycles. The quantitative estimate of drug-likeness (QED) is 0.499. The van der Waals surface area contributed by atoms with Gasteiger partial charge in [-0.05, 0) is 18.6 Å². The molecule has 94 valence electrons. The summed E-state index contributed by atoms with van der Waals surface area (Å²) in [6.07, 6.45) is 0. The molecule has 0 atom stereocenters. The molecular formula is C12H13N3O2S. The van der Waals surface area contributed by atoms with Crippen LogP contribution in [0.25, 0.3) is 0 Å². The first-order valence-electron chi connectivity index (χ1n) is 5.34. The minimum atomic E-state index is -0.387. The van der Waals surface area contributed by atoms with Crippen molar-refractivity contribution in [2.75, 3.05) is 0 Å². The Hall–Kier alpha value is -1.92. The zero-order valence-corrected chi connectivity index (χ0v) is 10.7. The number of thiazole rings is 1. The van der Waals surface area contributed by atoms with Gasteiger partial charge in [0.25, 0.3) is 5.91 Å². The van der Waals surface area contributed by atoms with Gasteiger partial charge in [-0.25, -0.2) is 10.8 Å². The topological polar surface area (TPSA) is 77.2 Å². The smallest absolute Gasteiger partial charge is 0.294 e. The second kappa shape index (κ2) is 5.61. The Morgan fingerprint density at radius 1 is 1.50 bits per heavy atom. The van der Waals surface area contributed by atoms with Crippen LogP contribution in [0.2, 0.25) is 0 Å². The first kappa shape index (κ1) is 12.5. The number of para-hydroxylation sites is 1. The van der Waals surface area contributed by atoms with Crippen LogP contribution in [0.3, 0.4) is 0 Å². The Balaban J connectivity index is 2.01. The Kier molecular flexibility index (Phi) is 3.91. The number of nitrogen functional groups attached to an aromatic ring is 1. The van der Waals surface area contributed by atoms with Crippen molar-refractivity contribution in [1.82, 2.24) is 10.4 Å². The van der Waals surface area contributed by atoms with Gasteiger partial charge in [-0.1, -0.05) is 18.2 Å². The molecule has 0 saturated heterocycles. The fourth-order valence-electron chi connectivity index (χ4n) is 1.41. The molecule has 2 aromatic rings. The summed E-state index contributed by atoms with van der Waals surface area (Å²) in [6.45, 7) is 2.31. The summed E-state index contributed by atoms with van der Waals surface area (Å²) in [4.78, 5) is 15.4. The van der Waals surface area contributed by atoms with Crippen LogP contribution in [0.1, 0.15) is 21.1 Å². The van der Waals surface area contributed by atoms with Crippen molar-refractivity contribution in [3.8, 4) is 5.75 Å². The number of nitrogens with zero attached hydrogens (tertiary/aromatic N) is 1. The Labute approximate surface area is 109 Å². The number of aryl methyl sites for hydroxylation is 1. The van der Waals surface area contributed by atoms with Crippen LogP contribution in [-0.4, -0.2) is 10.9 Å². The molecule has 0 fully saturated rings. The van der Waals surface area contributed by atoms with Crippen molar-refractivity contribution >= 4 is 17.2 Å². The third kappa shape index (κ3) is 2.85. The largest absolute Gasteiger partial charge is 0.487 e. The van der Waals surface area contributed by atoms with E-state index in [1.807, 2.05) is 36.6 Å². The van der Waals surface area contributed by atoms with E-state index in [0.717, 1.165) is 11.3 Å². The Morgan fingerprint density at radius 2 is 2.28 bits per heavy atom. The van der Waals surface area contributed by atoms with E-state index in [-0.39, 0.29) is 5.91 Å². The van der Waals surface area contributed by atoms with E-state index < -0.39 is 0 Å². The highest BCUT2D eigenvalue weighted by atomic mass is 32.1. The molecule has 2 rings (SSSR count). The zero-order chi connectivity index (χ0) is 13.0. The number of hydrogen-bond acceptors (Lipinski definition) is 5. The SMILES string of the molecule is Cc1ccccc1OCc1csc(C(=O)NN)n1. The van der Waals surface area contributed by atoms with Crippen molar-refractivity contribution in [3.63, 3.8) is 0 Å². The van der Waals surface area contributed by atoms with E-state index in [1.54, 1.807) is 5.38 Å². The number of hydrazine groups is 1. The third-order valence-corrected chi connectivity index (χ3v) is 3.24. The second-order valence-electron chi connectivity index (χ2n) is 3.67. The van der Waals surface area contributed by atoms with E-state index in [0.29, 0.717) is 17.3 Å². The van der Waals surface area contributed by atoms with E-state index >= 15 is 0 Å². The number of nitrogens with one attached hydrogen (secondary N) is 1. The van der Waals surface area contributed by atoms with Crippen molar-refractivity contribution in [3.05, 3.63) is 45.9 Å². The summed E-state index contributed by atoms with van der Waals surface area (Å²) in [5, 5.41) is 2.11. The molecule has 0 aliphatic carbocycles. The van der Waals surface area contributed by atoms with Crippen molar-refractivity contribution < 1.29 is 9.53 Å². The van der Waals surface area contributed by atoms with Crippen molar-refractivity contribution in [2.45, 2.75) is 13.5 Å². The van der Waals surface area contributed by atoms with E-state index in [1.165, 1.54) is 11.3 Å². The number of ether oxygens (including phenoxy) is 1. The normalized spacial score (nSPS) is 10.1. The minimum absolute atomic E-state index is 0.333. The molecule has 1 aromatic heterocycles. The predicted octanol–water partition coefficient (Wildman–Crippen LogP) is 1.63. The minimum Gasteiger partial charge on any atom is -0.487 e. The van der Waals surface area contributed by atoms with Gasteiger partial charge in [0.1, 0.15) is 12.4 Å². The lowest BCUT2D eigenvalue weighted by molar-refractivity contribution is 0.0953. The maximum atomic E-state index is 11.2. The van der Waals surface area contributed by atoms with Crippen LogP contribution in [-0.2, 0) is 6.61 Å². The number of amides is 1. The summed E-state index contributed by atoms with van der Waals surface area (Å²) >= 11 is 1.24. The van der Waals surface area contributed by atoms with Crippen LogP contribution >= 0.6 is 11.3 Å². The van der Waals surface area contributed by atoms with Gasteiger partial charge in [0, 0.05) is 5.38 Å². The number of nitrogens with two attached hydrogens (primary N) is 1. The lowest BCUT2D eigenvalue weighted by Crippen LogP contribution is -2.29. The van der Waals surface area contributed by atoms with Gasteiger partial charge in [0.2, 0.25) is 0 Å². The fraction of sp³-hybridized carbons (Fsp3) is 0.167. The van der Waals surface area contributed by atoms with Crippen molar-refractivity contribution in [2.24, 2.45) is 5.84 Å². The monoisotopic (exact) mass is 263 g/mol. The van der Waals surface area contributed by atoms with Crippen molar-refractivity contribution in [1.29, 1.82) is 0 Å². The van der Waals surface area contributed by atoms with Gasteiger partial charge >= 0.3 is 0 Å². The molecule has 6 heteroatoms. The number of carbonyl (C=O) groups is 1. The van der Waals surface area contributed by atoms with E-state index in [2.05, 4.69) is 4.98 Å². The number of aromatic nitrogens is 1. The van der Waals surface area contributed by atoms with Gasteiger partial charge in [-0.3, -0.25) is 10.2 Å². The van der Waals surface area contributed by atoms with Gasteiger partial charge in [0.15, 0.2) is 5.01 Å². The first-order chi connectivity index (χ1) is 8.70. The van der Waals surface area contributed by atoms with Crippen LogP contribution in [0.15, 0.2) is 29.6 Å². The molecule has 0 unspecified atom stereocenters.